The van der Waals surface area contributed by atoms with Gasteiger partial charge in [-0.3, -0.25) is 4.57 Å². The number of quaternary nitrogens is 1. The Hall–Kier alpha value is -0.150. The monoisotopic (exact) mass is 502 g/mol. The third kappa shape index (κ3) is 20.1. The molecule has 0 aliphatic rings. The molecule has 0 aliphatic carbocycles. The van der Waals surface area contributed by atoms with Gasteiger partial charge in [0.15, 0.2) is 5.78 Å². The maximum atomic E-state index is 12.5. The molecule has 0 saturated heterocycles. The summed E-state index contributed by atoms with van der Waals surface area (Å²) in [5, 5.41) is 0. The molecular formula is C29H61NO3P+. The maximum absolute atomic E-state index is 12.5. The zero-order valence-corrected chi connectivity index (χ0v) is 24.6. The number of allylic oxidation sites excluding steroid dienone is 2. The Morgan fingerprint density at radius 2 is 1.06 bits per heavy atom. The van der Waals surface area contributed by atoms with Crippen molar-refractivity contribution < 1.29 is 18.5 Å². The van der Waals surface area contributed by atoms with Crippen molar-refractivity contribution in [2.75, 3.05) is 27.7 Å². The van der Waals surface area contributed by atoms with E-state index < -0.39 is 7.60 Å². The molecule has 0 aromatic carbocycles. The van der Waals surface area contributed by atoms with Gasteiger partial charge < -0.3 is 13.9 Å². The first kappa shape index (κ1) is 33.8. The average Bonchev–Trinajstić information content (AvgIpc) is 2.76. The predicted molar refractivity (Wildman–Crippen MR) is 150 cm³/mol. The molecule has 4 nitrogen and oxygen atoms in total. The van der Waals surface area contributed by atoms with E-state index in [0.717, 1.165) is 12.8 Å². The lowest BCUT2D eigenvalue weighted by Crippen LogP contribution is -2.44. The van der Waals surface area contributed by atoms with Crippen molar-refractivity contribution in [3.8, 4) is 0 Å². The molecule has 34 heavy (non-hydrogen) atoms. The summed E-state index contributed by atoms with van der Waals surface area (Å²) in [7, 11) is 2.32. The van der Waals surface area contributed by atoms with Gasteiger partial charge in [-0.15, -0.1) is 0 Å². The zero-order valence-electron chi connectivity index (χ0n) is 23.7. The smallest absolute Gasteiger partial charge is 0.320 e. The third-order valence-electron chi connectivity index (χ3n) is 6.83. The van der Waals surface area contributed by atoms with Crippen LogP contribution in [0.3, 0.4) is 0 Å². The second-order valence-corrected chi connectivity index (χ2v) is 13.1. The van der Waals surface area contributed by atoms with Gasteiger partial charge in [-0.1, -0.05) is 122 Å². The molecule has 0 aromatic heterocycles. The first-order valence-corrected chi connectivity index (χ1v) is 16.3. The minimum Gasteiger partial charge on any atom is -0.320 e. The van der Waals surface area contributed by atoms with Gasteiger partial charge in [-0.05, 0) is 25.7 Å². The van der Waals surface area contributed by atoms with E-state index in [-0.39, 0.29) is 5.78 Å². The van der Waals surface area contributed by atoms with E-state index >= 15 is 0 Å². The van der Waals surface area contributed by atoms with Crippen LogP contribution in [0.5, 0.6) is 0 Å². The van der Waals surface area contributed by atoms with Gasteiger partial charge in [0.05, 0.1) is 27.7 Å². The Kier molecular flexibility index (Phi) is 22.0. The van der Waals surface area contributed by atoms with Crippen molar-refractivity contribution in [3.63, 3.8) is 0 Å². The highest BCUT2D eigenvalue weighted by Crippen LogP contribution is 2.51. The van der Waals surface area contributed by atoms with Crippen molar-refractivity contribution in [3.05, 3.63) is 12.2 Å². The lowest BCUT2D eigenvalue weighted by Gasteiger charge is -2.35. The van der Waals surface area contributed by atoms with Crippen molar-refractivity contribution >= 4 is 7.60 Å². The van der Waals surface area contributed by atoms with Gasteiger partial charge >= 0.3 is 7.60 Å². The fourth-order valence-electron chi connectivity index (χ4n) is 4.80. The Labute approximate surface area is 214 Å². The summed E-state index contributed by atoms with van der Waals surface area (Å²) in [5.74, 6) is -0.347. The van der Waals surface area contributed by atoms with E-state index in [1.54, 1.807) is 0 Å². The number of rotatable bonds is 25. The molecule has 0 saturated carbocycles. The second kappa shape index (κ2) is 22.1. The minimum atomic E-state index is -3.55. The molecule has 5 heteroatoms. The standard InChI is InChI=1S/C29H60NO3P/c1-6-8-9-10-11-12-13-14-15-16-17-18-19-20-21-22-23-24-25-26-27-28-33-34(31,32)29(7-2)30(3,4)5/h8-9,29H,6-7,10-28H2,1-5H3/p+1/b9-8-. The van der Waals surface area contributed by atoms with Crippen molar-refractivity contribution in [1.29, 1.82) is 0 Å². The van der Waals surface area contributed by atoms with Gasteiger partial charge in [0.1, 0.15) is 0 Å². The lowest BCUT2D eigenvalue weighted by molar-refractivity contribution is -0.883. The Bertz CT molecular complexity index is 516. The average molecular weight is 503 g/mol. The van der Waals surface area contributed by atoms with Crippen LogP contribution in [0.1, 0.15) is 142 Å². The molecule has 2 atom stereocenters. The van der Waals surface area contributed by atoms with Crippen LogP contribution in [-0.4, -0.2) is 42.9 Å². The molecular weight excluding hydrogens is 441 g/mol. The summed E-state index contributed by atoms with van der Waals surface area (Å²) in [6.07, 6.45) is 30.4. The normalized spacial score (nSPS) is 15.1. The Balaban J connectivity index is 3.36. The highest BCUT2D eigenvalue weighted by Gasteiger charge is 2.41. The summed E-state index contributed by atoms with van der Waals surface area (Å²) in [5.41, 5.74) is 0. The molecule has 0 bridgehead atoms. The number of nitrogens with zero attached hydrogens (tertiary/aromatic N) is 1. The minimum absolute atomic E-state index is 0.347. The number of hydrogen-bond donors (Lipinski definition) is 1. The molecule has 0 heterocycles. The molecule has 204 valence electrons. The summed E-state index contributed by atoms with van der Waals surface area (Å²) in [6.45, 7) is 4.56. The van der Waals surface area contributed by atoms with Crippen molar-refractivity contribution in [1.82, 2.24) is 0 Å². The van der Waals surface area contributed by atoms with E-state index in [2.05, 4.69) is 19.1 Å². The largest absolute Gasteiger partial charge is 0.385 e. The van der Waals surface area contributed by atoms with Crippen molar-refractivity contribution in [2.45, 2.75) is 148 Å². The first-order valence-electron chi connectivity index (χ1n) is 14.7. The van der Waals surface area contributed by atoms with Crippen LogP contribution in [-0.2, 0) is 9.09 Å². The van der Waals surface area contributed by atoms with Gasteiger partial charge in [-0.2, -0.15) is 0 Å². The maximum Gasteiger partial charge on any atom is 0.385 e. The number of unbranched alkanes of at least 4 members (excludes halogenated alkanes) is 17. The van der Waals surface area contributed by atoms with Gasteiger partial charge in [-0.25, -0.2) is 0 Å². The van der Waals surface area contributed by atoms with Crippen LogP contribution in [0.25, 0.3) is 0 Å². The van der Waals surface area contributed by atoms with E-state index in [9.17, 15) is 9.46 Å². The fourth-order valence-corrected chi connectivity index (χ4v) is 6.70. The molecule has 0 rings (SSSR count). The van der Waals surface area contributed by atoms with Gasteiger partial charge in [0.25, 0.3) is 0 Å². The van der Waals surface area contributed by atoms with E-state index in [4.69, 9.17) is 4.52 Å². The SMILES string of the molecule is CC/C=C\CCCCCCCCCCCCCCCCCCCOP(=O)(O)C(CC)[N+](C)(C)C. The molecule has 0 spiro atoms. The molecule has 0 amide bonds. The van der Waals surface area contributed by atoms with Gasteiger partial charge in [0.2, 0.25) is 0 Å². The van der Waals surface area contributed by atoms with Crippen LogP contribution in [0, 0.1) is 0 Å². The van der Waals surface area contributed by atoms with Crippen LogP contribution in [0.15, 0.2) is 12.2 Å². The Morgan fingerprint density at radius 1 is 0.676 bits per heavy atom. The molecule has 2 unspecified atom stereocenters. The number of hydrogen-bond acceptors (Lipinski definition) is 2. The second-order valence-electron chi connectivity index (χ2n) is 11.1. The zero-order chi connectivity index (χ0) is 25.5. The third-order valence-corrected chi connectivity index (χ3v) is 9.19. The van der Waals surface area contributed by atoms with E-state index in [1.807, 2.05) is 28.1 Å². The predicted octanol–water partition coefficient (Wildman–Crippen LogP) is 9.62. The van der Waals surface area contributed by atoms with E-state index in [0.29, 0.717) is 17.5 Å². The van der Waals surface area contributed by atoms with Gasteiger partial charge in [0, 0.05) is 6.42 Å². The van der Waals surface area contributed by atoms with Crippen LogP contribution in [0.2, 0.25) is 0 Å². The summed E-state index contributed by atoms with van der Waals surface area (Å²) in [4.78, 5) is 10.3. The topological polar surface area (TPSA) is 46.5 Å². The van der Waals surface area contributed by atoms with Crippen molar-refractivity contribution in [2.24, 2.45) is 0 Å². The summed E-state index contributed by atoms with van der Waals surface area (Å²) >= 11 is 0. The first-order chi connectivity index (χ1) is 16.3. The van der Waals surface area contributed by atoms with E-state index in [1.165, 1.54) is 109 Å². The lowest BCUT2D eigenvalue weighted by atomic mass is 10.0. The molecule has 0 aliphatic heterocycles. The Morgan fingerprint density at radius 3 is 1.41 bits per heavy atom. The molecule has 0 radical (unpaired) electrons. The highest BCUT2D eigenvalue weighted by molar-refractivity contribution is 7.53. The molecule has 0 fully saturated rings. The van der Waals surface area contributed by atoms with Crippen LogP contribution < -0.4 is 0 Å². The summed E-state index contributed by atoms with van der Waals surface area (Å²) in [6, 6.07) is 0. The molecule has 1 N–H and O–H groups in total. The van der Waals surface area contributed by atoms with Crippen LogP contribution in [0.4, 0.5) is 0 Å². The summed E-state index contributed by atoms with van der Waals surface area (Å²) < 4.78 is 18.4. The molecule has 0 aromatic rings. The highest BCUT2D eigenvalue weighted by atomic mass is 31.2. The quantitative estimate of drug-likeness (QED) is 0.0585. The van der Waals surface area contributed by atoms with Crippen LogP contribution >= 0.6 is 7.60 Å². The fraction of sp³-hybridized carbons (Fsp3) is 0.931.